The summed E-state index contributed by atoms with van der Waals surface area (Å²) in [5.41, 5.74) is -0.217. The Balaban J connectivity index is 1.49. The van der Waals surface area contributed by atoms with E-state index in [0.29, 0.717) is 29.8 Å². The molecule has 0 radical (unpaired) electrons. The summed E-state index contributed by atoms with van der Waals surface area (Å²) in [5.74, 6) is -1.26. The van der Waals surface area contributed by atoms with Crippen molar-refractivity contribution in [1.82, 2.24) is 9.88 Å². The number of aliphatic hydroxyl groups excluding tert-OH is 3. The molecule has 2 aromatic rings. The molecule has 2 aliphatic heterocycles. The van der Waals surface area contributed by atoms with Gasteiger partial charge in [0.2, 0.25) is 6.29 Å². The SMILES string of the molecule is C[C@@H]1CCC[C@H](C)N1CCC[C@@](O)(c1ccc(O[C@@H]2O[C@H](C(=O)O)[C@@H](O)[C@H](O)[C@H]2O)cc1)c1ccccn1. The molecule has 208 valence electrons. The van der Waals surface area contributed by atoms with Gasteiger partial charge < -0.3 is 35.0 Å². The molecule has 0 amide bonds. The summed E-state index contributed by atoms with van der Waals surface area (Å²) >= 11 is 0. The number of carboxylic acids is 1. The average Bonchev–Trinajstić information content (AvgIpc) is 2.91. The molecule has 0 bridgehead atoms. The number of hydrogen-bond donors (Lipinski definition) is 5. The average molecular weight is 531 g/mol. The number of aliphatic carboxylic acids is 1. The van der Waals surface area contributed by atoms with Gasteiger partial charge in [-0.2, -0.15) is 0 Å². The topological polar surface area (TPSA) is 153 Å². The Bertz CT molecular complexity index is 1040. The van der Waals surface area contributed by atoms with Crippen LogP contribution in [0.2, 0.25) is 0 Å². The zero-order chi connectivity index (χ0) is 27.4. The van der Waals surface area contributed by atoms with Crippen LogP contribution in [0.15, 0.2) is 48.7 Å². The maximum absolute atomic E-state index is 11.9. The Labute approximate surface area is 222 Å². The van der Waals surface area contributed by atoms with E-state index in [1.54, 1.807) is 42.6 Å². The van der Waals surface area contributed by atoms with Crippen molar-refractivity contribution in [3.05, 3.63) is 59.9 Å². The molecule has 4 rings (SSSR count). The molecule has 3 heterocycles. The van der Waals surface area contributed by atoms with Gasteiger partial charge in [0.15, 0.2) is 6.10 Å². The zero-order valence-electron chi connectivity index (χ0n) is 21.8. The van der Waals surface area contributed by atoms with Crippen molar-refractivity contribution < 1.29 is 39.8 Å². The van der Waals surface area contributed by atoms with Crippen molar-refractivity contribution >= 4 is 5.97 Å². The maximum atomic E-state index is 11.9. The van der Waals surface area contributed by atoms with E-state index in [4.69, 9.17) is 9.47 Å². The predicted octanol–water partition coefficient (Wildman–Crippen LogP) is 1.63. The molecular formula is C28H38N2O8. The second kappa shape index (κ2) is 12.1. The van der Waals surface area contributed by atoms with Crippen molar-refractivity contribution in [2.75, 3.05) is 6.54 Å². The van der Waals surface area contributed by atoms with Crippen LogP contribution in [0.1, 0.15) is 57.2 Å². The van der Waals surface area contributed by atoms with Crippen molar-refractivity contribution in [3.63, 3.8) is 0 Å². The second-order valence-electron chi connectivity index (χ2n) is 10.4. The Kier molecular flexibility index (Phi) is 9.02. The lowest BCUT2D eigenvalue weighted by molar-refractivity contribution is -0.271. The third kappa shape index (κ3) is 6.01. The highest BCUT2D eigenvalue weighted by atomic mass is 16.7. The van der Waals surface area contributed by atoms with Crippen LogP contribution in [0.25, 0.3) is 0 Å². The zero-order valence-corrected chi connectivity index (χ0v) is 21.8. The maximum Gasteiger partial charge on any atom is 0.335 e. The van der Waals surface area contributed by atoms with E-state index in [9.17, 15) is 30.3 Å². The highest BCUT2D eigenvalue weighted by Crippen LogP contribution is 2.35. The lowest BCUT2D eigenvalue weighted by atomic mass is 9.85. The third-order valence-corrected chi connectivity index (χ3v) is 7.82. The first-order valence-electron chi connectivity index (χ1n) is 13.2. The Morgan fingerprint density at radius 2 is 1.74 bits per heavy atom. The van der Waals surface area contributed by atoms with E-state index in [-0.39, 0.29) is 5.75 Å². The van der Waals surface area contributed by atoms with E-state index in [1.807, 2.05) is 6.07 Å². The van der Waals surface area contributed by atoms with Crippen molar-refractivity contribution in [2.45, 2.75) is 94.3 Å². The largest absolute Gasteiger partial charge is 0.479 e. The monoisotopic (exact) mass is 530 g/mol. The molecule has 0 unspecified atom stereocenters. The molecule has 10 nitrogen and oxygen atoms in total. The van der Waals surface area contributed by atoms with E-state index in [1.165, 1.54) is 19.3 Å². The van der Waals surface area contributed by atoms with E-state index >= 15 is 0 Å². The number of carboxylic acid groups (broad SMARTS) is 1. The number of nitrogens with zero attached hydrogens (tertiary/aromatic N) is 2. The van der Waals surface area contributed by atoms with Crippen LogP contribution in [0.3, 0.4) is 0 Å². The van der Waals surface area contributed by atoms with Crippen molar-refractivity contribution in [2.24, 2.45) is 0 Å². The minimum atomic E-state index is -1.80. The molecule has 2 fully saturated rings. The van der Waals surface area contributed by atoms with Crippen molar-refractivity contribution in [3.8, 4) is 5.75 Å². The summed E-state index contributed by atoms with van der Waals surface area (Å²) in [7, 11) is 0. The van der Waals surface area contributed by atoms with Crippen LogP contribution in [0.4, 0.5) is 0 Å². The van der Waals surface area contributed by atoms with Gasteiger partial charge in [0.05, 0.1) is 5.69 Å². The van der Waals surface area contributed by atoms with Gasteiger partial charge in [-0.15, -0.1) is 0 Å². The predicted molar refractivity (Wildman–Crippen MR) is 137 cm³/mol. The molecule has 8 atom stereocenters. The Morgan fingerprint density at radius 3 is 2.34 bits per heavy atom. The molecule has 38 heavy (non-hydrogen) atoms. The Hall–Kier alpha value is -2.60. The minimum Gasteiger partial charge on any atom is -0.479 e. The fourth-order valence-corrected chi connectivity index (χ4v) is 5.55. The summed E-state index contributed by atoms with van der Waals surface area (Å²) in [6, 6.07) is 13.0. The number of carbonyl (C=O) groups is 1. The summed E-state index contributed by atoms with van der Waals surface area (Å²) < 4.78 is 10.8. The first-order valence-corrected chi connectivity index (χ1v) is 13.2. The number of likely N-dealkylation sites (tertiary alicyclic amines) is 1. The molecule has 0 spiro atoms. The number of ether oxygens (including phenoxy) is 2. The first kappa shape index (κ1) is 28.4. The summed E-state index contributed by atoms with van der Waals surface area (Å²) in [5, 5.41) is 51.3. The normalized spacial score (nSPS) is 31.9. The highest BCUT2D eigenvalue weighted by Gasteiger charge is 2.48. The third-order valence-electron chi connectivity index (χ3n) is 7.82. The van der Waals surface area contributed by atoms with Crippen LogP contribution in [0, 0.1) is 0 Å². The number of rotatable bonds is 9. The molecule has 0 saturated carbocycles. The fourth-order valence-electron chi connectivity index (χ4n) is 5.55. The van der Waals surface area contributed by atoms with Gasteiger partial charge in [-0.1, -0.05) is 24.6 Å². The number of hydrogen-bond acceptors (Lipinski definition) is 9. The number of benzene rings is 1. The quantitative estimate of drug-likeness (QED) is 0.323. The standard InChI is InChI=1S/C28H38N2O8/c1-17-7-5-8-18(2)30(17)16-6-14-28(36,21-9-3-4-15-29-21)19-10-12-20(13-11-19)37-27-24(33)22(31)23(32)25(38-27)26(34)35/h3-4,9-13,15,17-18,22-25,27,31-33,36H,5-8,14,16H2,1-2H3,(H,34,35)/t17-,18+,22-,23-,24+,25-,27+,28+/m0/s1. The van der Waals surface area contributed by atoms with E-state index in [2.05, 4.69) is 23.7 Å². The van der Waals surface area contributed by atoms with Crippen molar-refractivity contribution in [1.29, 1.82) is 0 Å². The molecule has 2 aliphatic rings. The first-order chi connectivity index (χ1) is 18.1. The van der Waals surface area contributed by atoms with Gasteiger partial charge >= 0.3 is 5.97 Å². The summed E-state index contributed by atoms with van der Waals surface area (Å²) in [6.45, 7) is 5.38. The molecule has 5 N–H and O–H groups in total. The summed E-state index contributed by atoms with van der Waals surface area (Å²) in [6.07, 6.45) is -2.02. The number of aromatic nitrogens is 1. The smallest absolute Gasteiger partial charge is 0.335 e. The van der Waals surface area contributed by atoms with Gasteiger partial charge in [0, 0.05) is 18.3 Å². The lowest BCUT2D eigenvalue weighted by Crippen LogP contribution is -2.61. The van der Waals surface area contributed by atoms with Gasteiger partial charge in [-0.25, -0.2) is 4.79 Å². The molecule has 10 heteroatoms. The fraction of sp³-hybridized carbons (Fsp3) is 0.571. The molecular weight excluding hydrogens is 492 g/mol. The molecule has 2 saturated heterocycles. The van der Waals surface area contributed by atoms with Gasteiger partial charge in [-0.05, 0) is 75.9 Å². The number of pyridine rings is 1. The number of piperidine rings is 1. The summed E-state index contributed by atoms with van der Waals surface area (Å²) in [4.78, 5) is 18.3. The molecule has 1 aromatic heterocycles. The molecule has 1 aromatic carbocycles. The highest BCUT2D eigenvalue weighted by molar-refractivity contribution is 5.73. The van der Waals surface area contributed by atoms with Crippen LogP contribution >= 0.6 is 0 Å². The van der Waals surface area contributed by atoms with Gasteiger partial charge in [-0.3, -0.25) is 9.88 Å². The van der Waals surface area contributed by atoms with Gasteiger partial charge in [0.25, 0.3) is 0 Å². The van der Waals surface area contributed by atoms with Gasteiger partial charge in [0.1, 0.15) is 29.7 Å². The molecule has 0 aliphatic carbocycles. The van der Waals surface area contributed by atoms with Crippen LogP contribution in [-0.4, -0.2) is 90.7 Å². The van der Waals surface area contributed by atoms with Crippen LogP contribution < -0.4 is 4.74 Å². The lowest BCUT2D eigenvalue weighted by Gasteiger charge is -2.39. The van der Waals surface area contributed by atoms with Crippen LogP contribution in [0.5, 0.6) is 5.75 Å². The number of aliphatic hydroxyl groups is 4. The van der Waals surface area contributed by atoms with E-state index < -0.39 is 42.3 Å². The van der Waals surface area contributed by atoms with Crippen LogP contribution in [-0.2, 0) is 15.1 Å². The second-order valence-corrected chi connectivity index (χ2v) is 10.4. The Morgan fingerprint density at radius 1 is 1.05 bits per heavy atom. The van der Waals surface area contributed by atoms with E-state index in [0.717, 1.165) is 13.0 Å². The minimum absolute atomic E-state index is 0.227.